The average molecular weight is 420 g/mol. The molecule has 0 unspecified atom stereocenters. The second-order valence-corrected chi connectivity index (χ2v) is 7.60. The highest BCUT2D eigenvalue weighted by Crippen LogP contribution is 2.39. The first-order valence-electron chi connectivity index (χ1n) is 8.94. The van der Waals surface area contributed by atoms with Crippen LogP contribution < -0.4 is 14.8 Å². The molecule has 28 heavy (non-hydrogen) atoms. The number of aromatic nitrogens is 2. The number of benzene rings is 1. The van der Waals surface area contributed by atoms with Crippen molar-refractivity contribution in [3.63, 3.8) is 0 Å². The molecule has 1 aliphatic heterocycles. The molecule has 3 aromatic rings. The third-order valence-corrected chi connectivity index (χ3v) is 5.40. The minimum Gasteiger partial charge on any atom is -0.454 e. The van der Waals surface area contributed by atoms with Gasteiger partial charge in [0, 0.05) is 18.5 Å². The smallest absolute Gasteiger partial charge is 0.251 e. The number of halogens is 1. The summed E-state index contributed by atoms with van der Waals surface area (Å²) < 4.78 is 15.8. The van der Waals surface area contributed by atoms with Gasteiger partial charge in [-0.3, -0.25) is 4.79 Å². The fraction of sp³-hybridized carbons (Fsp3) is 0.316. The molecule has 146 valence electrons. The van der Waals surface area contributed by atoms with Gasteiger partial charge in [0.15, 0.2) is 11.5 Å². The number of amides is 1. The lowest BCUT2D eigenvalue weighted by atomic mass is 10.1. The lowest BCUT2D eigenvalue weighted by Gasteiger charge is -2.07. The standard InChI is InChI=1S/C19H18ClN3O4S/c20-13-9-12(10-14-17(13)26-11-25-14)19(24)21-7-3-1-2-6-16-22-18(23-27-16)15-5-4-8-28-15/h4-5,8-10H,1-3,6-7,11H2,(H,21,24). The van der Waals surface area contributed by atoms with E-state index >= 15 is 0 Å². The monoisotopic (exact) mass is 419 g/mol. The van der Waals surface area contributed by atoms with Crippen molar-refractivity contribution in [1.29, 1.82) is 0 Å². The molecule has 1 aliphatic rings. The molecule has 2 aromatic heterocycles. The van der Waals surface area contributed by atoms with Gasteiger partial charge in [-0.05, 0) is 36.4 Å². The molecule has 0 atom stereocenters. The van der Waals surface area contributed by atoms with Crippen molar-refractivity contribution < 1.29 is 18.8 Å². The maximum Gasteiger partial charge on any atom is 0.251 e. The topological polar surface area (TPSA) is 86.5 Å². The Morgan fingerprint density at radius 3 is 3.04 bits per heavy atom. The number of thiophene rings is 1. The van der Waals surface area contributed by atoms with Gasteiger partial charge in [0.2, 0.25) is 18.5 Å². The number of unbranched alkanes of at least 4 members (excludes halogenated alkanes) is 2. The third kappa shape index (κ3) is 4.28. The lowest BCUT2D eigenvalue weighted by Crippen LogP contribution is -2.24. The molecule has 1 aromatic carbocycles. The minimum atomic E-state index is -0.183. The van der Waals surface area contributed by atoms with Crippen LogP contribution in [0.5, 0.6) is 11.5 Å². The molecule has 1 amide bonds. The van der Waals surface area contributed by atoms with Crippen LogP contribution >= 0.6 is 22.9 Å². The predicted octanol–water partition coefficient (Wildman–Crippen LogP) is 4.32. The number of nitrogens with one attached hydrogen (secondary N) is 1. The summed E-state index contributed by atoms with van der Waals surface area (Å²) in [5.41, 5.74) is 0.459. The highest BCUT2D eigenvalue weighted by atomic mass is 35.5. The Labute approximate surface area is 170 Å². The molecule has 4 rings (SSSR count). The normalized spacial score (nSPS) is 12.3. The summed E-state index contributed by atoms with van der Waals surface area (Å²) in [5, 5.41) is 9.25. The van der Waals surface area contributed by atoms with Crippen molar-refractivity contribution in [2.24, 2.45) is 0 Å². The van der Waals surface area contributed by atoms with Gasteiger partial charge < -0.3 is 19.3 Å². The second-order valence-electron chi connectivity index (χ2n) is 6.25. The highest BCUT2D eigenvalue weighted by molar-refractivity contribution is 7.13. The van der Waals surface area contributed by atoms with Crippen molar-refractivity contribution in [3.05, 3.63) is 46.1 Å². The molecule has 0 bridgehead atoms. The summed E-state index contributed by atoms with van der Waals surface area (Å²) >= 11 is 7.69. The Balaban J connectivity index is 1.17. The van der Waals surface area contributed by atoms with E-state index in [4.69, 9.17) is 25.6 Å². The molecule has 0 spiro atoms. The average Bonchev–Trinajstić information content (AvgIpc) is 3.45. The summed E-state index contributed by atoms with van der Waals surface area (Å²) in [6, 6.07) is 7.16. The lowest BCUT2D eigenvalue weighted by molar-refractivity contribution is 0.0952. The van der Waals surface area contributed by atoms with Crippen LogP contribution in [0.2, 0.25) is 5.02 Å². The van der Waals surface area contributed by atoms with Crippen molar-refractivity contribution in [2.45, 2.75) is 25.7 Å². The van der Waals surface area contributed by atoms with Gasteiger partial charge in [0.1, 0.15) is 0 Å². The summed E-state index contributed by atoms with van der Waals surface area (Å²) in [4.78, 5) is 17.7. The molecule has 9 heteroatoms. The summed E-state index contributed by atoms with van der Waals surface area (Å²) in [5.74, 6) is 2.08. The molecule has 0 fully saturated rings. The number of hydrogen-bond donors (Lipinski definition) is 1. The zero-order chi connectivity index (χ0) is 19.3. The van der Waals surface area contributed by atoms with Gasteiger partial charge in [-0.25, -0.2) is 0 Å². The van der Waals surface area contributed by atoms with E-state index in [-0.39, 0.29) is 12.7 Å². The van der Waals surface area contributed by atoms with Crippen LogP contribution in [-0.4, -0.2) is 29.4 Å². The van der Waals surface area contributed by atoms with Gasteiger partial charge in [0.05, 0.1) is 9.90 Å². The van der Waals surface area contributed by atoms with Crippen LogP contribution in [0.15, 0.2) is 34.2 Å². The Hall–Kier alpha value is -2.58. The molecule has 0 radical (unpaired) electrons. The van der Waals surface area contributed by atoms with Crippen LogP contribution in [0.4, 0.5) is 0 Å². The van der Waals surface area contributed by atoms with Crippen LogP contribution in [-0.2, 0) is 6.42 Å². The minimum absolute atomic E-state index is 0.120. The van der Waals surface area contributed by atoms with E-state index in [2.05, 4.69) is 15.5 Å². The second kappa shape index (κ2) is 8.62. The Kier molecular flexibility index (Phi) is 5.78. The number of carbonyl (C=O) groups is 1. The summed E-state index contributed by atoms with van der Waals surface area (Å²) in [7, 11) is 0. The Bertz CT molecular complexity index is 958. The van der Waals surface area contributed by atoms with E-state index < -0.39 is 0 Å². The largest absolute Gasteiger partial charge is 0.454 e. The van der Waals surface area contributed by atoms with Gasteiger partial charge in [-0.15, -0.1) is 11.3 Å². The molecule has 0 aliphatic carbocycles. The van der Waals surface area contributed by atoms with E-state index in [0.717, 1.165) is 30.6 Å². The fourth-order valence-electron chi connectivity index (χ4n) is 2.84. The van der Waals surface area contributed by atoms with Crippen molar-refractivity contribution in [2.75, 3.05) is 13.3 Å². The van der Waals surface area contributed by atoms with Crippen molar-refractivity contribution >= 4 is 28.8 Å². The van der Waals surface area contributed by atoms with Crippen molar-refractivity contribution in [1.82, 2.24) is 15.5 Å². The van der Waals surface area contributed by atoms with E-state index in [1.165, 1.54) is 0 Å². The van der Waals surface area contributed by atoms with Crippen LogP contribution in [0, 0.1) is 0 Å². The molecule has 0 saturated carbocycles. The van der Waals surface area contributed by atoms with Crippen molar-refractivity contribution in [3.8, 4) is 22.2 Å². The molecule has 0 saturated heterocycles. The SMILES string of the molecule is O=C(NCCCCCc1nc(-c2cccs2)no1)c1cc(Cl)c2c(c1)OCO2. The number of rotatable bonds is 8. The first-order chi connectivity index (χ1) is 13.7. The fourth-order valence-corrected chi connectivity index (χ4v) is 3.76. The number of carbonyl (C=O) groups excluding carboxylic acids is 1. The molecular formula is C19H18ClN3O4S. The van der Waals surface area contributed by atoms with Gasteiger partial charge in [-0.2, -0.15) is 4.98 Å². The first-order valence-corrected chi connectivity index (χ1v) is 10.2. The molecule has 1 N–H and O–H groups in total. The van der Waals surface area contributed by atoms with E-state index in [1.54, 1.807) is 23.5 Å². The van der Waals surface area contributed by atoms with Gasteiger partial charge >= 0.3 is 0 Å². The van der Waals surface area contributed by atoms with Gasteiger partial charge in [-0.1, -0.05) is 29.2 Å². The number of aryl methyl sites for hydroxylation is 1. The number of ether oxygens (including phenoxy) is 2. The van der Waals surface area contributed by atoms with E-state index in [0.29, 0.717) is 40.3 Å². The maximum atomic E-state index is 12.3. The quantitative estimate of drug-likeness (QED) is 0.547. The number of hydrogen-bond acceptors (Lipinski definition) is 7. The zero-order valence-corrected chi connectivity index (χ0v) is 16.5. The third-order valence-electron chi connectivity index (χ3n) is 4.25. The molecule has 7 nitrogen and oxygen atoms in total. The van der Waals surface area contributed by atoms with Crippen LogP contribution in [0.3, 0.4) is 0 Å². The number of fused-ring (bicyclic) bond motifs is 1. The molecule has 3 heterocycles. The number of nitrogens with zero attached hydrogens (tertiary/aromatic N) is 2. The Morgan fingerprint density at radius 1 is 1.25 bits per heavy atom. The Morgan fingerprint density at radius 2 is 2.18 bits per heavy atom. The summed E-state index contributed by atoms with van der Waals surface area (Å²) in [6.07, 6.45) is 3.44. The van der Waals surface area contributed by atoms with Crippen LogP contribution in [0.25, 0.3) is 10.7 Å². The first kappa shape index (κ1) is 18.8. The predicted molar refractivity (Wildman–Crippen MR) is 105 cm³/mol. The highest BCUT2D eigenvalue weighted by Gasteiger charge is 2.20. The van der Waals surface area contributed by atoms with E-state index in [9.17, 15) is 4.79 Å². The van der Waals surface area contributed by atoms with E-state index in [1.807, 2.05) is 17.5 Å². The zero-order valence-electron chi connectivity index (χ0n) is 14.9. The molecular weight excluding hydrogens is 402 g/mol. The summed E-state index contributed by atoms with van der Waals surface area (Å²) in [6.45, 7) is 0.699. The maximum absolute atomic E-state index is 12.3. The van der Waals surface area contributed by atoms with Crippen LogP contribution in [0.1, 0.15) is 35.5 Å². The van der Waals surface area contributed by atoms with Gasteiger partial charge in [0.25, 0.3) is 5.91 Å².